The van der Waals surface area contributed by atoms with Crippen molar-refractivity contribution in [2.45, 2.75) is 13.8 Å². The summed E-state index contributed by atoms with van der Waals surface area (Å²) in [6, 6.07) is 11.5. The average Bonchev–Trinajstić information content (AvgIpc) is 2.77. The van der Waals surface area contributed by atoms with Crippen molar-refractivity contribution >= 4 is 28.7 Å². The van der Waals surface area contributed by atoms with E-state index in [2.05, 4.69) is 0 Å². The first-order valence-corrected chi connectivity index (χ1v) is 6.67. The largest absolute Gasteiger partial charge is 0.293 e. The monoisotopic (exact) mass is 264 g/mol. The van der Waals surface area contributed by atoms with E-state index < -0.39 is 0 Å². The van der Waals surface area contributed by atoms with Crippen LogP contribution in [0.1, 0.15) is 23.5 Å². The lowest BCUT2D eigenvalue weighted by Gasteiger charge is -2.00. The maximum Gasteiger partial charge on any atom is 0.175 e. The van der Waals surface area contributed by atoms with Gasteiger partial charge in [0.15, 0.2) is 5.78 Å². The molecular formula is C14H13ClOS. The van der Waals surface area contributed by atoms with E-state index in [-0.39, 0.29) is 11.7 Å². The van der Waals surface area contributed by atoms with E-state index in [1.54, 1.807) is 0 Å². The highest BCUT2D eigenvalue weighted by Crippen LogP contribution is 2.30. The van der Waals surface area contributed by atoms with Crippen molar-refractivity contribution in [1.29, 1.82) is 0 Å². The molecule has 1 aromatic carbocycles. The van der Waals surface area contributed by atoms with Gasteiger partial charge in [-0.05, 0) is 29.8 Å². The molecule has 88 valence electrons. The third kappa shape index (κ3) is 2.76. The number of halogens is 1. The first-order chi connectivity index (χ1) is 8.08. The average molecular weight is 265 g/mol. The van der Waals surface area contributed by atoms with Crippen molar-refractivity contribution in [2.75, 3.05) is 0 Å². The van der Waals surface area contributed by atoms with Crippen LogP contribution < -0.4 is 0 Å². The maximum absolute atomic E-state index is 11.8. The molecule has 1 aromatic heterocycles. The van der Waals surface area contributed by atoms with Crippen molar-refractivity contribution in [2.24, 2.45) is 5.92 Å². The van der Waals surface area contributed by atoms with Crippen molar-refractivity contribution in [1.82, 2.24) is 0 Å². The fraction of sp³-hybridized carbons (Fsp3) is 0.214. The highest BCUT2D eigenvalue weighted by Gasteiger charge is 2.13. The van der Waals surface area contributed by atoms with Gasteiger partial charge in [0, 0.05) is 15.8 Å². The van der Waals surface area contributed by atoms with E-state index >= 15 is 0 Å². The van der Waals surface area contributed by atoms with Crippen LogP contribution in [0, 0.1) is 5.92 Å². The summed E-state index contributed by atoms with van der Waals surface area (Å²) in [5.41, 5.74) is 1.06. The summed E-state index contributed by atoms with van der Waals surface area (Å²) >= 11 is 7.48. The molecule has 0 aliphatic rings. The molecule has 2 aromatic rings. The van der Waals surface area contributed by atoms with Crippen LogP contribution in [0.4, 0.5) is 0 Å². The van der Waals surface area contributed by atoms with Gasteiger partial charge in [-0.2, -0.15) is 0 Å². The number of ketones is 1. The summed E-state index contributed by atoms with van der Waals surface area (Å²) in [6.45, 7) is 3.84. The summed E-state index contributed by atoms with van der Waals surface area (Å²) in [5, 5.41) is 0.715. The Kier molecular flexibility index (Phi) is 3.65. The zero-order valence-electron chi connectivity index (χ0n) is 9.74. The minimum atomic E-state index is 0.0425. The van der Waals surface area contributed by atoms with Gasteiger partial charge in [0.2, 0.25) is 0 Å². The molecule has 0 radical (unpaired) electrons. The Bertz CT molecular complexity index is 543. The number of thiophene rings is 1. The second-order valence-electron chi connectivity index (χ2n) is 4.19. The van der Waals surface area contributed by atoms with Gasteiger partial charge in [-0.15, -0.1) is 11.3 Å². The Morgan fingerprint density at radius 1 is 1.24 bits per heavy atom. The van der Waals surface area contributed by atoms with Gasteiger partial charge in [-0.25, -0.2) is 0 Å². The van der Waals surface area contributed by atoms with Gasteiger partial charge in [-0.3, -0.25) is 4.79 Å². The molecule has 0 unspecified atom stereocenters. The molecule has 1 heterocycles. The summed E-state index contributed by atoms with van der Waals surface area (Å²) in [7, 11) is 0. The Balaban J connectivity index is 2.33. The number of carbonyl (C=O) groups excluding carboxylic acids is 1. The molecular weight excluding hydrogens is 252 g/mol. The van der Waals surface area contributed by atoms with Crippen molar-refractivity contribution in [3.8, 4) is 10.4 Å². The predicted octanol–water partition coefficient (Wildman–Crippen LogP) is 4.91. The number of benzene rings is 1. The first-order valence-electron chi connectivity index (χ1n) is 5.48. The van der Waals surface area contributed by atoms with Gasteiger partial charge in [0.05, 0.1) is 4.88 Å². The number of Topliss-reactive ketones (excluding diaryl/α,β-unsaturated/α-hetero) is 1. The Morgan fingerprint density at radius 2 is 2.00 bits per heavy atom. The first kappa shape index (κ1) is 12.3. The zero-order valence-corrected chi connectivity index (χ0v) is 11.3. The second-order valence-corrected chi connectivity index (χ2v) is 5.71. The molecule has 17 heavy (non-hydrogen) atoms. The fourth-order valence-electron chi connectivity index (χ4n) is 1.55. The Morgan fingerprint density at radius 3 is 2.65 bits per heavy atom. The number of carbonyl (C=O) groups is 1. The van der Waals surface area contributed by atoms with E-state index in [9.17, 15) is 4.79 Å². The van der Waals surface area contributed by atoms with Crippen molar-refractivity contribution in [3.05, 3.63) is 46.3 Å². The lowest BCUT2D eigenvalue weighted by molar-refractivity contribution is 0.0943. The standard InChI is InChI=1S/C14H13ClOS/c1-9(2)14(16)13-7-6-12(17-13)10-4-3-5-11(15)8-10/h3-9H,1-2H3. The molecule has 0 saturated carbocycles. The molecule has 0 aliphatic carbocycles. The zero-order chi connectivity index (χ0) is 12.4. The van der Waals surface area contributed by atoms with Crippen molar-refractivity contribution in [3.63, 3.8) is 0 Å². The third-order valence-corrected chi connectivity index (χ3v) is 3.87. The van der Waals surface area contributed by atoms with E-state index in [4.69, 9.17) is 11.6 Å². The van der Waals surface area contributed by atoms with E-state index in [0.717, 1.165) is 15.3 Å². The van der Waals surface area contributed by atoms with Gasteiger partial charge in [-0.1, -0.05) is 37.6 Å². The molecule has 0 saturated heterocycles. The highest BCUT2D eigenvalue weighted by molar-refractivity contribution is 7.17. The van der Waals surface area contributed by atoms with Crippen LogP contribution in [-0.2, 0) is 0 Å². The van der Waals surface area contributed by atoms with E-state index in [1.165, 1.54) is 11.3 Å². The quantitative estimate of drug-likeness (QED) is 0.720. The minimum Gasteiger partial charge on any atom is -0.293 e. The van der Waals surface area contributed by atoms with Crippen LogP contribution in [0.3, 0.4) is 0 Å². The lowest BCUT2D eigenvalue weighted by atomic mass is 10.1. The molecule has 0 aliphatic heterocycles. The van der Waals surface area contributed by atoms with Gasteiger partial charge < -0.3 is 0 Å². The molecule has 0 atom stereocenters. The minimum absolute atomic E-state index is 0.0425. The lowest BCUT2D eigenvalue weighted by Crippen LogP contribution is -2.04. The molecule has 0 amide bonds. The van der Waals surface area contributed by atoms with Crippen LogP contribution in [0.2, 0.25) is 5.02 Å². The number of hydrogen-bond donors (Lipinski definition) is 0. The third-order valence-electron chi connectivity index (χ3n) is 2.48. The van der Waals surface area contributed by atoms with Gasteiger partial charge >= 0.3 is 0 Å². The molecule has 0 N–H and O–H groups in total. The normalized spacial score (nSPS) is 10.8. The van der Waals surface area contributed by atoms with Gasteiger partial charge in [0.1, 0.15) is 0 Å². The number of rotatable bonds is 3. The summed E-state index contributed by atoms with van der Waals surface area (Å²) in [4.78, 5) is 13.7. The molecule has 1 nitrogen and oxygen atoms in total. The molecule has 0 bridgehead atoms. The fourth-order valence-corrected chi connectivity index (χ4v) is 2.83. The molecule has 2 rings (SSSR count). The number of hydrogen-bond acceptors (Lipinski definition) is 2. The van der Waals surface area contributed by atoms with E-state index in [0.29, 0.717) is 5.02 Å². The summed E-state index contributed by atoms with van der Waals surface area (Å²) in [5.74, 6) is 0.240. The topological polar surface area (TPSA) is 17.1 Å². The Labute approximate surface area is 110 Å². The van der Waals surface area contributed by atoms with Crippen LogP contribution in [0.15, 0.2) is 36.4 Å². The maximum atomic E-state index is 11.8. The van der Waals surface area contributed by atoms with Crippen LogP contribution >= 0.6 is 22.9 Å². The van der Waals surface area contributed by atoms with Crippen LogP contribution in [0.25, 0.3) is 10.4 Å². The summed E-state index contributed by atoms with van der Waals surface area (Å²) < 4.78 is 0. The molecule has 3 heteroatoms. The SMILES string of the molecule is CC(C)C(=O)c1ccc(-c2cccc(Cl)c2)s1. The Hall–Kier alpha value is -1.12. The smallest absolute Gasteiger partial charge is 0.175 e. The molecule has 0 spiro atoms. The van der Waals surface area contributed by atoms with Crippen LogP contribution in [-0.4, -0.2) is 5.78 Å². The van der Waals surface area contributed by atoms with Crippen molar-refractivity contribution < 1.29 is 4.79 Å². The van der Waals surface area contributed by atoms with E-state index in [1.807, 2.05) is 50.2 Å². The highest BCUT2D eigenvalue weighted by atomic mass is 35.5. The summed E-state index contributed by atoms with van der Waals surface area (Å²) in [6.07, 6.45) is 0. The van der Waals surface area contributed by atoms with Crippen LogP contribution in [0.5, 0.6) is 0 Å². The van der Waals surface area contributed by atoms with Gasteiger partial charge in [0.25, 0.3) is 0 Å². The molecule has 0 fully saturated rings. The second kappa shape index (κ2) is 5.03. The predicted molar refractivity (Wildman–Crippen MR) is 73.9 cm³/mol.